The molecule has 100 valence electrons. The van der Waals surface area contributed by atoms with Gasteiger partial charge in [0.15, 0.2) is 5.11 Å². The molecular formula is C14H22N2OS. The van der Waals surface area contributed by atoms with E-state index in [1.165, 1.54) is 0 Å². The average Bonchev–Trinajstić information content (AvgIpc) is 2.32. The summed E-state index contributed by atoms with van der Waals surface area (Å²) < 4.78 is 5.39. The highest BCUT2D eigenvalue weighted by Crippen LogP contribution is 2.15. The first kappa shape index (κ1) is 14.8. The van der Waals surface area contributed by atoms with E-state index >= 15 is 0 Å². The maximum atomic E-state index is 5.39. The topological polar surface area (TPSA) is 33.3 Å². The zero-order valence-electron chi connectivity index (χ0n) is 11.3. The van der Waals surface area contributed by atoms with Crippen LogP contribution in [0.1, 0.15) is 33.6 Å². The Morgan fingerprint density at radius 3 is 2.50 bits per heavy atom. The summed E-state index contributed by atoms with van der Waals surface area (Å²) in [5.74, 6) is 0.876. The Labute approximate surface area is 115 Å². The number of ether oxygens (including phenoxy) is 1. The molecule has 1 aromatic carbocycles. The largest absolute Gasteiger partial charge is 0.494 e. The van der Waals surface area contributed by atoms with Gasteiger partial charge in [0.05, 0.1) is 6.61 Å². The van der Waals surface area contributed by atoms with Crippen molar-refractivity contribution in [1.82, 2.24) is 5.32 Å². The van der Waals surface area contributed by atoms with Crippen molar-refractivity contribution in [1.29, 1.82) is 0 Å². The molecule has 1 unspecified atom stereocenters. The fourth-order valence-electron chi connectivity index (χ4n) is 1.70. The van der Waals surface area contributed by atoms with E-state index in [0.29, 0.717) is 17.8 Å². The third kappa shape index (κ3) is 5.36. The van der Waals surface area contributed by atoms with Crippen LogP contribution in [-0.4, -0.2) is 17.8 Å². The van der Waals surface area contributed by atoms with Crippen molar-refractivity contribution in [2.24, 2.45) is 0 Å². The molecule has 0 aromatic heterocycles. The van der Waals surface area contributed by atoms with Crippen molar-refractivity contribution >= 4 is 23.0 Å². The molecule has 1 atom stereocenters. The van der Waals surface area contributed by atoms with Crippen molar-refractivity contribution < 1.29 is 4.74 Å². The molecule has 1 rings (SSSR count). The molecule has 0 spiro atoms. The first-order valence-electron chi connectivity index (χ1n) is 6.46. The summed E-state index contributed by atoms with van der Waals surface area (Å²) in [6.07, 6.45) is 2.27. The fraction of sp³-hybridized carbons (Fsp3) is 0.500. The van der Waals surface area contributed by atoms with Crippen LogP contribution >= 0.6 is 12.2 Å². The summed E-state index contributed by atoms with van der Waals surface area (Å²) in [5.41, 5.74) is 0.972. The van der Waals surface area contributed by atoms with Gasteiger partial charge in [-0.15, -0.1) is 0 Å². The highest BCUT2D eigenvalue weighted by Gasteiger charge is 2.03. The van der Waals surface area contributed by atoms with Gasteiger partial charge >= 0.3 is 0 Å². The number of nitrogens with one attached hydrogen (secondary N) is 2. The number of hydrogen-bond acceptors (Lipinski definition) is 2. The van der Waals surface area contributed by atoms with Crippen LogP contribution in [0.25, 0.3) is 0 Å². The molecule has 0 aliphatic carbocycles. The highest BCUT2D eigenvalue weighted by atomic mass is 32.1. The number of hydrogen-bond donors (Lipinski definition) is 2. The lowest BCUT2D eigenvalue weighted by molar-refractivity contribution is 0.340. The van der Waals surface area contributed by atoms with Gasteiger partial charge in [-0.2, -0.15) is 0 Å². The second-order valence-electron chi connectivity index (χ2n) is 4.25. The van der Waals surface area contributed by atoms with Crippen LogP contribution in [0, 0.1) is 0 Å². The summed E-state index contributed by atoms with van der Waals surface area (Å²) in [5, 5.41) is 7.09. The van der Waals surface area contributed by atoms with Gasteiger partial charge in [-0.1, -0.05) is 13.3 Å². The molecule has 1 aromatic rings. The average molecular weight is 266 g/mol. The van der Waals surface area contributed by atoms with Crippen LogP contribution in [0.15, 0.2) is 24.3 Å². The fourth-order valence-corrected chi connectivity index (χ4v) is 2.02. The first-order valence-corrected chi connectivity index (χ1v) is 6.87. The molecule has 0 aliphatic heterocycles. The summed E-state index contributed by atoms with van der Waals surface area (Å²) in [4.78, 5) is 0. The van der Waals surface area contributed by atoms with Gasteiger partial charge in [0.1, 0.15) is 5.75 Å². The lowest BCUT2D eigenvalue weighted by atomic mass is 10.2. The lowest BCUT2D eigenvalue weighted by Gasteiger charge is -2.16. The van der Waals surface area contributed by atoms with E-state index in [9.17, 15) is 0 Å². The van der Waals surface area contributed by atoms with E-state index in [2.05, 4.69) is 24.5 Å². The summed E-state index contributed by atoms with van der Waals surface area (Å²) in [6, 6.07) is 8.19. The predicted molar refractivity (Wildman–Crippen MR) is 81.3 cm³/mol. The predicted octanol–water partition coefficient (Wildman–Crippen LogP) is 3.56. The quantitative estimate of drug-likeness (QED) is 0.771. The van der Waals surface area contributed by atoms with Crippen LogP contribution in [-0.2, 0) is 0 Å². The van der Waals surface area contributed by atoms with Gasteiger partial charge in [-0.25, -0.2) is 0 Å². The van der Waals surface area contributed by atoms with Crippen molar-refractivity contribution in [3.63, 3.8) is 0 Å². The van der Waals surface area contributed by atoms with E-state index in [0.717, 1.165) is 24.3 Å². The minimum Gasteiger partial charge on any atom is -0.494 e. The van der Waals surface area contributed by atoms with E-state index in [4.69, 9.17) is 17.0 Å². The normalized spacial score (nSPS) is 11.7. The van der Waals surface area contributed by atoms with Gasteiger partial charge < -0.3 is 15.4 Å². The zero-order valence-corrected chi connectivity index (χ0v) is 12.1. The molecular weight excluding hydrogens is 244 g/mol. The summed E-state index contributed by atoms with van der Waals surface area (Å²) >= 11 is 5.26. The van der Waals surface area contributed by atoms with E-state index in [-0.39, 0.29) is 0 Å². The van der Waals surface area contributed by atoms with E-state index in [1.807, 2.05) is 31.2 Å². The van der Waals surface area contributed by atoms with Gasteiger partial charge in [0.25, 0.3) is 0 Å². The van der Waals surface area contributed by atoms with E-state index in [1.54, 1.807) is 0 Å². The van der Waals surface area contributed by atoms with Crippen molar-refractivity contribution in [2.75, 3.05) is 11.9 Å². The molecule has 0 aliphatic rings. The highest BCUT2D eigenvalue weighted by molar-refractivity contribution is 7.80. The SMILES string of the molecule is CCCC(C)NC(=S)Nc1ccc(OCC)cc1. The Hall–Kier alpha value is -1.29. The lowest BCUT2D eigenvalue weighted by Crippen LogP contribution is -2.35. The molecule has 0 saturated carbocycles. The van der Waals surface area contributed by atoms with Gasteiger partial charge in [-0.05, 0) is 56.8 Å². The zero-order chi connectivity index (χ0) is 13.4. The van der Waals surface area contributed by atoms with Gasteiger partial charge in [-0.3, -0.25) is 0 Å². The standard InChI is InChI=1S/C14H22N2OS/c1-4-6-11(3)15-14(18)16-12-7-9-13(10-8-12)17-5-2/h7-11H,4-6H2,1-3H3,(H2,15,16,18). The summed E-state index contributed by atoms with van der Waals surface area (Å²) in [7, 11) is 0. The van der Waals surface area contributed by atoms with E-state index < -0.39 is 0 Å². The number of benzene rings is 1. The van der Waals surface area contributed by atoms with Crippen LogP contribution < -0.4 is 15.4 Å². The Morgan fingerprint density at radius 2 is 1.94 bits per heavy atom. The minimum atomic E-state index is 0.401. The Kier molecular flexibility index (Phi) is 6.50. The Balaban J connectivity index is 2.44. The number of anilines is 1. The molecule has 0 radical (unpaired) electrons. The molecule has 0 saturated heterocycles. The third-order valence-electron chi connectivity index (χ3n) is 2.52. The van der Waals surface area contributed by atoms with Crippen LogP contribution in [0.5, 0.6) is 5.75 Å². The molecule has 0 heterocycles. The minimum absolute atomic E-state index is 0.401. The maximum Gasteiger partial charge on any atom is 0.170 e. The molecule has 0 bridgehead atoms. The Morgan fingerprint density at radius 1 is 1.28 bits per heavy atom. The monoisotopic (exact) mass is 266 g/mol. The van der Waals surface area contributed by atoms with Crippen LogP contribution in [0.2, 0.25) is 0 Å². The molecule has 2 N–H and O–H groups in total. The molecule has 0 fully saturated rings. The van der Waals surface area contributed by atoms with Crippen molar-refractivity contribution in [3.05, 3.63) is 24.3 Å². The maximum absolute atomic E-state index is 5.39. The summed E-state index contributed by atoms with van der Waals surface area (Å²) in [6.45, 7) is 6.96. The van der Waals surface area contributed by atoms with Gasteiger partial charge in [0.2, 0.25) is 0 Å². The third-order valence-corrected chi connectivity index (χ3v) is 2.74. The molecule has 18 heavy (non-hydrogen) atoms. The number of thiocarbonyl (C=S) groups is 1. The molecule has 3 nitrogen and oxygen atoms in total. The smallest absolute Gasteiger partial charge is 0.170 e. The molecule has 4 heteroatoms. The second-order valence-corrected chi connectivity index (χ2v) is 4.65. The first-order chi connectivity index (χ1) is 8.65. The van der Waals surface area contributed by atoms with Crippen molar-refractivity contribution in [3.8, 4) is 5.75 Å². The second kappa shape index (κ2) is 7.93. The van der Waals surface area contributed by atoms with Gasteiger partial charge in [0, 0.05) is 11.7 Å². The molecule has 0 amide bonds. The van der Waals surface area contributed by atoms with Crippen LogP contribution in [0.4, 0.5) is 5.69 Å². The Bertz CT molecular complexity index is 365. The number of rotatable bonds is 6. The van der Waals surface area contributed by atoms with Crippen LogP contribution in [0.3, 0.4) is 0 Å². The van der Waals surface area contributed by atoms with Crippen molar-refractivity contribution in [2.45, 2.75) is 39.7 Å².